The van der Waals surface area contributed by atoms with E-state index < -0.39 is 0 Å². The lowest BCUT2D eigenvalue weighted by Gasteiger charge is -2.13. The molecule has 2 N–H and O–H groups in total. The number of carbonyl (C=O) groups excluding carboxylic acids is 2. The lowest BCUT2D eigenvalue weighted by Crippen LogP contribution is -2.34. The van der Waals surface area contributed by atoms with Gasteiger partial charge in [0.05, 0.1) is 5.56 Å². The Morgan fingerprint density at radius 1 is 1.14 bits per heavy atom. The number of esters is 1. The molecule has 114 valence electrons. The van der Waals surface area contributed by atoms with E-state index in [4.69, 9.17) is 4.74 Å². The quantitative estimate of drug-likeness (QED) is 0.818. The van der Waals surface area contributed by atoms with Crippen molar-refractivity contribution >= 4 is 17.7 Å². The first-order chi connectivity index (χ1) is 9.95. The van der Waals surface area contributed by atoms with Crippen molar-refractivity contribution in [1.29, 1.82) is 0 Å². The van der Waals surface area contributed by atoms with Crippen molar-refractivity contribution < 1.29 is 14.3 Å². The van der Waals surface area contributed by atoms with Crippen molar-refractivity contribution in [3.63, 3.8) is 0 Å². The second-order valence-electron chi connectivity index (χ2n) is 5.78. The van der Waals surface area contributed by atoms with Crippen LogP contribution in [0.5, 0.6) is 0 Å². The maximum Gasteiger partial charge on any atom is 0.338 e. The van der Waals surface area contributed by atoms with Gasteiger partial charge in [-0.05, 0) is 63.8 Å². The van der Waals surface area contributed by atoms with Gasteiger partial charge < -0.3 is 15.4 Å². The van der Waals surface area contributed by atoms with Crippen LogP contribution in [-0.4, -0.2) is 24.1 Å². The molecule has 21 heavy (non-hydrogen) atoms. The Balaban J connectivity index is 1.88. The Morgan fingerprint density at radius 2 is 1.76 bits per heavy atom. The minimum absolute atomic E-state index is 0.0212. The van der Waals surface area contributed by atoms with Gasteiger partial charge in [0.25, 0.3) is 0 Å². The summed E-state index contributed by atoms with van der Waals surface area (Å²) in [6.07, 6.45) is 2.26. The number of urea groups is 1. The minimum Gasteiger partial charge on any atom is -0.459 e. The van der Waals surface area contributed by atoms with Crippen LogP contribution in [-0.2, 0) is 4.74 Å². The van der Waals surface area contributed by atoms with Crippen LogP contribution >= 0.6 is 0 Å². The zero-order valence-corrected chi connectivity index (χ0v) is 12.7. The summed E-state index contributed by atoms with van der Waals surface area (Å²) >= 11 is 0. The van der Waals surface area contributed by atoms with E-state index in [1.165, 1.54) is 0 Å². The summed E-state index contributed by atoms with van der Waals surface area (Å²) in [5, 5.41) is 5.44. The monoisotopic (exact) mass is 290 g/mol. The number of carbonyl (C=O) groups is 2. The normalized spacial score (nSPS) is 15.4. The smallest absolute Gasteiger partial charge is 0.338 e. The second-order valence-corrected chi connectivity index (χ2v) is 5.78. The fraction of sp³-hybridized carbons (Fsp3) is 0.500. The van der Waals surface area contributed by atoms with Gasteiger partial charge in [0, 0.05) is 11.7 Å². The molecule has 0 saturated heterocycles. The molecule has 5 heteroatoms. The number of nitrogens with one attached hydrogen (secondary N) is 2. The number of hydrogen-bond donors (Lipinski definition) is 2. The molecule has 1 unspecified atom stereocenters. The van der Waals surface area contributed by atoms with Gasteiger partial charge in [-0.3, -0.25) is 0 Å². The Hall–Kier alpha value is -2.04. The van der Waals surface area contributed by atoms with Crippen molar-refractivity contribution in [2.24, 2.45) is 5.92 Å². The average Bonchev–Trinajstić information content (AvgIpc) is 3.22. The molecular formula is C16H22N2O3. The van der Waals surface area contributed by atoms with Gasteiger partial charge in [-0.2, -0.15) is 0 Å². The number of rotatable bonds is 5. The van der Waals surface area contributed by atoms with Gasteiger partial charge >= 0.3 is 12.0 Å². The number of hydrogen-bond acceptors (Lipinski definition) is 3. The average molecular weight is 290 g/mol. The summed E-state index contributed by atoms with van der Waals surface area (Å²) < 4.78 is 5.40. The van der Waals surface area contributed by atoms with Crippen LogP contribution in [0.15, 0.2) is 24.3 Å². The van der Waals surface area contributed by atoms with Crippen LogP contribution in [0.4, 0.5) is 10.5 Å². The highest BCUT2D eigenvalue weighted by Gasteiger charge is 2.30. The maximum atomic E-state index is 11.9. The standard InChI is InChI=1S/C16H22N2O3/c1-10(2)17-16(20)18-14-8-6-13(7-9-14)15(19)21-11(3)12-4-5-12/h6-12H,4-5H2,1-3H3,(H2,17,18,20). The van der Waals surface area contributed by atoms with Gasteiger partial charge in [0.15, 0.2) is 0 Å². The van der Waals surface area contributed by atoms with E-state index in [1.54, 1.807) is 24.3 Å². The third kappa shape index (κ3) is 4.77. The van der Waals surface area contributed by atoms with E-state index in [2.05, 4.69) is 10.6 Å². The lowest BCUT2D eigenvalue weighted by molar-refractivity contribution is 0.0294. The minimum atomic E-state index is -0.312. The predicted octanol–water partition coefficient (Wildman–Crippen LogP) is 3.17. The van der Waals surface area contributed by atoms with Crippen LogP contribution in [0, 0.1) is 5.92 Å². The van der Waals surface area contributed by atoms with E-state index in [0.29, 0.717) is 17.2 Å². The molecule has 1 atom stereocenters. The molecule has 1 aliphatic rings. The first-order valence-electron chi connectivity index (χ1n) is 7.34. The highest BCUT2D eigenvalue weighted by molar-refractivity contribution is 5.92. The molecule has 1 saturated carbocycles. The summed E-state index contributed by atoms with van der Waals surface area (Å²) in [5.74, 6) is 0.210. The number of amides is 2. The van der Waals surface area contributed by atoms with Gasteiger partial charge in [0.2, 0.25) is 0 Å². The predicted molar refractivity (Wildman–Crippen MR) is 81.3 cm³/mol. The van der Waals surface area contributed by atoms with Crippen LogP contribution < -0.4 is 10.6 Å². The molecule has 5 nitrogen and oxygen atoms in total. The molecule has 0 heterocycles. The van der Waals surface area contributed by atoms with Crippen LogP contribution in [0.3, 0.4) is 0 Å². The number of anilines is 1. The maximum absolute atomic E-state index is 11.9. The third-order valence-electron chi connectivity index (χ3n) is 3.38. The Kier molecular flexibility index (Phi) is 4.83. The van der Waals surface area contributed by atoms with Crippen LogP contribution in [0.25, 0.3) is 0 Å². The molecular weight excluding hydrogens is 268 g/mol. The highest BCUT2D eigenvalue weighted by Crippen LogP contribution is 2.34. The van der Waals surface area contributed by atoms with Gasteiger partial charge in [-0.1, -0.05) is 0 Å². The van der Waals surface area contributed by atoms with Crippen molar-refractivity contribution in [3.05, 3.63) is 29.8 Å². The van der Waals surface area contributed by atoms with E-state index in [0.717, 1.165) is 12.8 Å². The first kappa shape index (κ1) is 15.4. The van der Waals surface area contributed by atoms with Crippen molar-refractivity contribution in [3.8, 4) is 0 Å². The third-order valence-corrected chi connectivity index (χ3v) is 3.38. The molecule has 1 aromatic rings. The SMILES string of the molecule is CC(C)NC(=O)Nc1ccc(C(=O)OC(C)C2CC2)cc1. The highest BCUT2D eigenvalue weighted by atomic mass is 16.5. The Labute approximate surface area is 125 Å². The molecule has 1 aromatic carbocycles. The van der Waals surface area contributed by atoms with E-state index in [9.17, 15) is 9.59 Å². The first-order valence-corrected chi connectivity index (χ1v) is 7.34. The topological polar surface area (TPSA) is 67.4 Å². The Bertz CT molecular complexity index is 507. The summed E-state index contributed by atoms with van der Waals surface area (Å²) in [6, 6.07) is 6.52. The van der Waals surface area contributed by atoms with E-state index >= 15 is 0 Å². The van der Waals surface area contributed by atoms with Crippen molar-refractivity contribution in [2.75, 3.05) is 5.32 Å². The fourth-order valence-electron chi connectivity index (χ4n) is 2.02. The molecule has 1 fully saturated rings. The van der Waals surface area contributed by atoms with Crippen LogP contribution in [0.1, 0.15) is 44.0 Å². The van der Waals surface area contributed by atoms with Crippen molar-refractivity contribution in [1.82, 2.24) is 5.32 Å². The van der Waals surface area contributed by atoms with E-state index in [-0.39, 0.29) is 24.1 Å². The summed E-state index contributed by atoms with van der Waals surface area (Å²) in [4.78, 5) is 23.5. The molecule has 0 bridgehead atoms. The zero-order valence-electron chi connectivity index (χ0n) is 12.7. The molecule has 0 aliphatic heterocycles. The Morgan fingerprint density at radius 3 is 2.29 bits per heavy atom. The van der Waals surface area contributed by atoms with Gasteiger partial charge in [-0.15, -0.1) is 0 Å². The summed E-state index contributed by atoms with van der Waals surface area (Å²) in [6.45, 7) is 5.71. The van der Waals surface area contributed by atoms with Crippen LogP contribution in [0.2, 0.25) is 0 Å². The molecule has 2 amide bonds. The molecule has 2 rings (SSSR count). The van der Waals surface area contributed by atoms with Crippen molar-refractivity contribution in [2.45, 2.75) is 45.8 Å². The number of ether oxygens (including phenoxy) is 1. The molecule has 0 spiro atoms. The number of benzene rings is 1. The molecule has 0 aromatic heterocycles. The zero-order chi connectivity index (χ0) is 15.4. The largest absolute Gasteiger partial charge is 0.459 e. The fourth-order valence-corrected chi connectivity index (χ4v) is 2.02. The molecule has 1 aliphatic carbocycles. The molecule has 0 radical (unpaired) electrons. The lowest BCUT2D eigenvalue weighted by atomic mass is 10.2. The summed E-state index contributed by atoms with van der Waals surface area (Å²) in [7, 11) is 0. The van der Waals surface area contributed by atoms with E-state index in [1.807, 2.05) is 20.8 Å². The summed E-state index contributed by atoms with van der Waals surface area (Å²) in [5.41, 5.74) is 1.14. The second kappa shape index (κ2) is 6.61. The van der Waals surface area contributed by atoms with Gasteiger partial charge in [-0.25, -0.2) is 9.59 Å². The van der Waals surface area contributed by atoms with Gasteiger partial charge in [0.1, 0.15) is 6.10 Å².